The second-order valence-electron chi connectivity index (χ2n) is 6.58. The van der Waals surface area contributed by atoms with Gasteiger partial charge in [0.05, 0.1) is 0 Å². The first kappa shape index (κ1) is 16.4. The number of aliphatic carboxylic acids is 1. The highest BCUT2D eigenvalue weighted by Crippen LogP contribution is 2.29. The maximum Gasteiger partial charge on any atom is 0.326 e. The largest absolute Gasteiger partial charge is 0.480 e. The van der Waals surface area contributed by atoms with Crippen molar-refractivity contribution in [1.82, 2.24) is 15.0 Å². The molecule has 24 heavy (non-hydrogen) atoms. The Morgan fingerprint density at radius 3 is 2.83 bits per heavy atom. The Hall–Kier alpha value is -2.50. The normalized spacial score (nSPS) is 14.5. The summed E-state index contributed by atoms with van der Waals surface area (Å²) >= 11 is 0. The van der Waals surface area contributed by atoms with Crippen LogP contribution in [0.4, 0.5) is 5.82 Å². The van der Waals surface area contributed by atoms with Crippen LogP contribution in [0.2, 0.25) is 0 Å². The van der Waals surface area contributed by atoms with Crippen LogP contribution in [0.3, 0.4) is 0 Å². The summed E-state index contributed by atoms with van der Waals surface area (Å²) in [5.74, 6) is 0.688. The Kier molecular flexibility index (Phi) is 4.74. The van der Waals surface area contributed by atoms with Crippen molar-refractivity contribution >= 4 is 11.8 Å². The molecule has 0 aromatic carbocycles. The van der Waals surface area contributed by atoms with E-state index in [1.165, 1.54) is 0 Å². The maximum atomic E-state index is 11.6. The van der Waals surface area contributed by atoms with Crippen molar-refractivity contribution in [3.05, 3.63) is 35.8 Å². The molecule has 1 aliphatic carbocycles. The molecule has 2 aromatic rings. The van der Waals surface area contributed by atoms with Crippen molar-refractivity contribution in [2.75, 3.05) is 5.32 Å². The average molecular weight is 326 g/mol. The molecule has 0 unspecified atom stereocenters. The molecule has 126 valence electrons. The Morgan fingerprint density at radius 1 is 1.33 bits per heavy atom. The van der Waals surface area contributed by atoms with Crippen molar-refractivity contribution in [3.63, 3.8) is 0 Å². The lowest BCUT2D eigenvalue weighted by molar-refractivity contribution is -0.138. The first-order valence-electron chi connectivity index (χ1n) is 8.34. The predicted octanol–water partition coefficient (Wildman–Crippen LogP) is 2.94. The van der Waals surface area contributed by atoms with Crippen LogP contribution in [0.25, 0.3) is 11.4 Å². The fourth-order valence-electron chi connectivity index (χ4n) is 3.03. The van der Waals surface area contributed by atoms with Crippen LogP contribution in [-0.2, 0) is 17.6 Å². The summed E-state index contributed by atoms with van der Waals surface area (Å²) in [6.45, 7) is 4.03. The molecule has 0 bridgehead atoms. The Bertz CT molecular complexity index is 731. The fourth-order valence-corrected chi connectivity index (χ4v) is 3.03. The fraction of sp³-hybridized carbons (Fsp3) is 0.444. The number of pyridine rings is 1. The van der Waals surface area contributed by atoms with Crippen molar-refractivity contribution in [2.24, 2.45) is 5.92 Å². The average Bonchev–Trinajstić information content (AvgIpc) is 3.03. The van der Waals surface area contributed by atoms with E-state index in [0.717, 1.165) is 36.1 Å². The molecule has 0 saturated carbocycles. The lowest BCUT2D eigenvalue weighted by Crippen LogP contribution is -2.31. The van der Waals surface area contributed by atoms with Gasteiger partial charge in [0.15, 0.2) is 5.82 Å². The van der Waals surface area contributed by atoms with E-state index in [4.69, 9.17) is 0 Å². The molecule has 6 heteroatoms. The maximum absolute atomic E-state index is 11.6. The van der Waals surface area contributed by atoms with Gasteiger partial charge in [0.1, 0.15) is 11.9 Å². The van der Waals surface area contributed by atoms with E-state index in [1.807, 2.05) is 26.0 Å². The number of carboxylic acid groups (broad SMARTS) is 1. The summed E-state index contributed by atoms with van der Waals surface area (Å²) in [6, 6.07) is 3.11. The van der Waals surface area contributed by atoms with E-state index in [0.29, 0.717) is 18.1 Å². The zero-order valence-corrected chi connectivity index (χ0v) is 14.0. The quantitative estimate of drug-likeness (QED) is 0.848. The second-order valence-corrected chi connectivity index (χ2v) is 6.58. The minimum absolute atomic E-state index is 0.284. The van der Waals surface area contributed by atoms with Gasteiger partial charge in [-0.2, -0.15) is 0 Å². The monoisotopic (exact) mass is 326 g/mol. The number of anilines is 1. The molecule has 0 amide bonds. The predicted molar refractivity (Wildman–Crippen MR) is 91.8 cm³/mol. The van der Waals surface area contributed by atoms with Gasteiger partial charge in [-0.1, -0.05) is 13.8 Å². The number of hydrogen-bond acceptors (Lipinski definition) is 5. The van der Waals surface area contributed by atoms with Gasteiger partial charge in [-0.05, 0) is 43.7 Å². The van der Waals surface area contributed by atoms with Crippen LogP contribution < -0.4 is 5.32 Å². The molecule has 2 heterocycles. The summed E-state index contributed by atoms with van der Waals surface area (Å²) in [6.07, 6.45) is 6.80. The molecule has 6 nitrogen and oxygen atoms in total. The van der Waals surface area contributed by atoms with Gasteiger partial charge >= 0.3 is 5.97 Å². The summed E-state index contributed by atoms with van der Waals surface area (Å²) in [4.78, 5) is 25.0. The van der Waals surface area contributed by atoms with Crippen LogP contribution >= 0.6 is 0 Å². The molecule has 1 aliphatic rings. The summed E-state index contributed by atoms with van der Waals surface area (Å²) in [5, 5.41) is 12.7. The smallest absolute Gasteiger partial charge is 0.326 e. The third-order valence-electron chi connectivity index (χ3n) is 4.17. The molecule has 2 aromatic heterocycles. The molecule has 1 atom stereocenters. The Morgan fingerprint density at radius 2 is 2.17 bits per heavy atom. The first-order valence-corrected chi connectivity index (χ1v) is 8.34. The minimum atomic E-state index is -0.850. The highest BCUT2D eigenvalue weighted by atomic mass is 16.4. The summed E-state index contributed by atoms with van der Waals surface area (Å²) < 4.78 is 0. The Balaban J connectivity index is 1.97. The first-order chi connectivity index (χ1) is 11.5. The zero-order chi connectivity index (χ0) is 17.1. The van der Waals surface area contributed by atoms with E-state index >= 15 is 0 Å². The number of fused-ring (bicyclic) bond motifs is 1. The number of carbonyl (C=O) groups is 1. The summed E-state index contributed by atoms with van der Waals surface area (Å²) in [5.41, 5.74) is 2.91. The van der Waals surface area contributed by atoms with Crippen LogP contribution in [0, 0.1) is 5.92 Å². The van der Waals surface area contributed by atoms with Crippen LogP contribution in [0.5, 0.6) is 0 Å². The minimum Gasteiger partial charge on any atom is -0.480 e. The molecule has 3 rings (SSSR count). The highest BCUT2D eigenvalue weighted by Gasteiger charge is 2.25. The summed E-state index contributed by atoms with van der Waals surface area (Å²) in [7, 11) is 0. The van der Waals surface area contributed by atoms with Gasteiger partial charge in [-0.25, -0.2) is 14.8 Å². The molecule has 0 saturated heterocycles. The van der Waals surface area contributed by atoms with Crippen molar-refractivity contribution < 1.29 is 9.90 Å². The van der Waals surface area contributed by atoms with Gasteiger partial charge in [0, 0.05) is 29.2 Å². The number of rotatable bonds is 6. The van der Waals surface area contributed by atoms with E-state index in [9.17, 15) is 9.90 Å². The third-order valence-corrected chi connectivity index (χ3v) is 4.17. The standard InChI is InChI=1S/C18H22N4O2/c1-11(2)9-15(18(23)24)21-17-13-6-3-7-14(13)20-16(22-17)12-5-4-8-19-10-12/h4-5,8,10-11,15H,3,6-7,9H2,1-2H3,(H,23,24)(H,20,21,22)/t15-/m0/s1. The van der Waals surface area contributed by atoms with Crippen molar-refractivity contribution in [3.8, 4) is 11.4 Å². The highest BCUT2D eigenvalue weighted by molar-refractivity contribution is 5.77. The zero-order valence-electron chi connectivity index (χ0n) is 14.0. The number of aromatic nitrogens is 3. The molecule has 0 radical (unpaired) electrons. The molecule has 0 spiro atoms. The topological polar surface area (TPSA) is 88.0 Å². The molecular formula is C18H22N4O2. The van der Waals surface area contributed by atoms with Crippen molar-refractivity contribution in [1.29, 1.82) is 0 Å². The van der Waals surface area contributed by atoms with E-state index < -0.39 is 12.0 Å². The van der Waals surface area contributed by atoms with Crippen molar-refractivity contribution in [2.45, 2.75) is 45.6 Å². The van der Waals surface area contributed by atoms with Crippen LogP contribution in [-0.4, -0.2) is 32.1 Å². The lowest BCUT2D eigenvalue weighted by atomic mass is 10.0. The molecular weight excluding hydrogens is 304 g/mol. The number of hydrogen-bond donors (Lipinski definition) is 2. The number of aryl methyl sites for hydroxylation is 1. The van der Waals surface area contributed by atoms with Crippen LogP contribution in [0.15, 0.2) is 24.5 Å². The van der Waals surface area contributed by atoms with Crippen LogP contribution in [0.1, 0.15) is 37.9 Å². The lowest BCUT2D eigenvalue weighted by Gasteiger charge is -2.19. The van der Waals surface area contributed by atoms with Gasteiger partial charge in [-0.3, -0.25) is 4.98 Å². The van der Waals surface area contributed by atoms with Gasteiger partial charge in [0.25, 0.3) is 0 Å². The van der Waals surface area contributed by atoms with Gasteiger partial charge in [0.2, 0.25) is 0 Å². The molecule has 2 N–H and O–H groups in total. The second kappa shape index (κ2) is 6.95. The third kappa shape index (κ3) is 3.53. The van der Waals surface area contributed by atoms with E-state index in [-0.39, 0.29) is 5.92 Å². The number of nitrogens with zero attached hydrogens (tertiary/aromatic N) is 3. The van der Waals surface area contributed by atoms with Gasteiger partial charge < -0.3 is 10.4 Å². The van der Waals surface area contributed by atoms with E-state index in [2.05, 4.69) is 20.3 Å². The molecule has 0 fully saturated rings. The number of carboxylic acids is 1. The molecule has 0 aliphatic heterocycles. The number of nitrogens with one attached hydrogen (secondary N) is 1. The SMILES string of the molecule is CC(C)C[C@H](Nc1nc(-c2cccnc2)nc2c1CCC2)C(=O)O. The Labute approximate surface area is 141 Å². The van der Waals surface area contributed by atoms with E-state index in [1.54, 1.807) is 12.4 Å². The van der Waals surface area contributed by atoms with Gasteiger partial charge in [-0.15, -0.1) is 0 Å².